The molecule has 0 saturated carbocycles. The Morgan fingerprint density at radius 1 is 0.625 bits per heavy atom. The summed E-state index contributed by atoms with van der Waals surface area (Å²) in [4.78, 5) is 67.9. The average molecular weight is 538 g/mol. The van der Waals surface area contributed by atoms with Crippen LogP contribution in [0, 0.1) is 10.1 Å². The van der Waals surface area contributed by atoms with Crippen molar-refractivity contribution in [1.82, 2.24) is 19.1 Å². The highest BCUT2D eigenvalue weighted by Crippen LogP contribution is 2.34. The Balaban J connectivity index is 1.75. The molecule has 11 heteroatoms. The van der Waals surface area contributed by atoms with Gasteiger partial charge < -0.3 is 0 Å². The van der Waals surface area contributed by atoms with Gasteiger partial charge in [0.1, 0.15) is 0 Å². The maximum atomic E-state index is 13.2. The van der Waals surface area contributed by atoms with Gasteiger partial charge in [-0.25, -0.2) is 9.59 Å². The highest BCUT2D eigenvalue weighted by Gasteiger charge is 2.30. The molecule has 2 aromatic heterocycles. The standard InChI is InChI=1S/C29H23N5O6/c35-26-22(17-32(28(37)30-26)15-19-9-3-1-4-10-19)25(21-13-7-8-14-24(21)34(39)40)23-18-33(29(38)31-27(23)36)16-20-11-5-2-6-12-20/h1-14,17-18,25H,15-16H2,(H,30,35,37)(H,31,36,38). The fraction of sp³-hybridized carbons (Fsp3) is 0.103. The zero-order valence-corrected chi connectivity index (χ0v) is 21.0. The lowest BCUT2D eigenvalue weighted by atomic mass is 9.86. The van der Waals surface area contributed by atoms with E-state index >= 15 is 0 Å². The van der Waals surface area contributed by atoms with E-state index in [0.29, 0.717) is 0 Å². The minimum absolute atomic E-state index is 0.0540. The lowest BCUT2D eigenvalue weighted by molar-refractivity contribution is -0.385. The fourth-order valence-corrected chi connectivity index (χ4v) is 4.66. The predicted octanol–water partition coefficient (Wildman–Crippen LogP) is 2.57. The van der Waals surface area contributed by atoms with E-state index in [1.165, 1.54) is 39.7 Å². The first-order chi connectivity index (χ1) is 19.3. The molecule has 200 valence electrons. The molecule has 0 atom stereocenters. The number of benzene rings is 3. The van der Waals surface area contributed by atoms with Crippen molar-refractivity contribution in [3.63, 3.8) is 0 Å². The van der Waals surface area contributed by atoms with Gasteiger partial charge in [0, 0.05) is 35.2 Å². The van der Waals surface area contributed by atoms with Crippen molar-refractivity contribution >= 4 is 5.69 Å². The first-order valence-corrected chi connectivity index (χ1v) is 12.3. The van der Waals surface area contributed by atoms with E-state index in [9.17, 15) is 29.3 Å². The molecule has 5 rings (SSSR count). The normalized spacial score (nSPS) is 11.0. The summed E-state index contributed by atoms with van der Waals surface area (Å²) in [6, 6.07) is 23.8. The van der Waals surface area contributed by atoms with Crippen LogP contribution in [-0.4, -0.2) is 24.0 Å². The van der Waals surface area contributed by atoms with Gasteiger partial charge in [-0.05, 0) is 11.1 Å². The topological polar surface area (TPSA) is 153 Å². The summed E-state index contributed by atoms with van der Waals surface area (Å²) in [6.07, 6.45) is 2.61. The Morgan fingerprint density at radius 2 is 1.05 bits per heavy atom. The number of aromatic amines is 2. The van der Waals surface area contributed by atoms with Crippen molar-refractivity contribution < 1.29 is 4.92 Å². The van der Waals surface area contributed by atoms with Crippen LogP contribution in [0.5, 0.6) is 0 Å². The summed E-state index contributed by atoms with van der Waals surface area (Å²) in [5.74, 6) is -1.28. The van der Waals surface area contributed by atoms with Crippen molar-refractivity contribution in [3.8, 4) is 0 Å². The molecule has 0 bridgehead atoms. The molecular weight excluding hydrogens is 514 g/mol. The lowest BCUT2D eigenvalue weighted by Crippen LogP contribution is -2.37. The van der Waals surface area contributed by atoms with E-state index in [2.05, 4.69) is 9.97 Å². The van der Waals surface area contributed by atoms with E-state index in [1.54, 1.807) is 54.6 Å². The van der Waals surface area contributed by atoms with Crippen LogP contribution in [0.2, 0.25) is 0 Å². The van der Waals surface area contributed by atoms with Gasteiger partial charge in [0.15, 0.2) is 0 Å². The summed E-state index contributed by atoms with van der Waals surface area (Å²) in [5, 5.41) is 12.0. The highest BCUT2D eigenvalue weighted by molar-refractivity contribution is 5.51. The van der Waals surface area contributed by atoms with Crippen LogP contribution in [0.4, 0.5) is 5.69 Å². The van der Waals surface area contributed by atoms with Gasteiger partial charge in [0.25, 0.3) is 16.8 Å². The van der Waals surface area contributed by atoms with Crippen molar-refractivity contribution in [1.29, 1.82) is 0 Å². The van der Waals surface area contributed by atoms with Gasteiger partial charge in [-0.2, -0.15) is 0 Å². The number of nitrogens with one attached hydrogen (secondary N) is 2. The van der Waals surface area contributed by atoms with Crippen LogP contribution in [-0.2, 0) is 13.1 Å². The van der Waals surface area contributed by atoms with E-state index in [-0.39, 0.29) is 35.5 Å². The van der Waals surface area contributed by atoms with Crippen molar-refractivity contribution in [2.45, 2.75) is 19.0 Å². The first-order valence-electron chi connectivity index (χ1n) is 12.3. The number of H-pyrrole nitrogens is 2. The van der Waals surface area contributed by atoms with Crippen molar-refractivity contribution in [2.75, 3.05) is 0 Å². The molecule has 0 aliphatic rings. The molecular formula is C29H23N5O6. The largest absolute Gasteiger partial charge is 0.328 e. The van der Waals surface area contributed by atoms with Gasteiger partial charge in [0.2, 0.25) is 0 Å². The number of rotatable bonds is 8. The molecule has 2 N–H and O–H groups in total. The Morgan fingerprint density at radius 3 is 1.50 bits per heavy atom. The predicted molar refractivity (Wildman–Crippen MR) is 148 cm³/mol. The number of nitro groups is 1. The molecule has 0 amide bonds. The van der Waals surface area contributed by atoms with E-state index in [0.717, 1.165) is 11.1 Å². The van der Waals surface area contributed by atoms with E-state index in [1.807, 2.05) is 12.1 Å². The van der Waals surface area contributed by atoms with Gasteiger partial charge in [-0.3, -0.25) is 38.8 Å². The van der Waals surface area contributed by atoms with Crippen LogP contribution in [0.3, 0.4) is 0 Å². The number of hydrogen-bond acceptors (Lipinski definition) is 6. The molecule has 0 saturated heterocycles. The Bertz CT molecular complexity index is 1810. The third kappa shape index (κ3) is 5.34. The van der Waals surface area contributed by atoms with E-state index < -0.39 is 33.3 Å². The maximum absolute atomic E-state index is 13.2. The monoisotopic (exact) mass is 537 g/mol. The van der Waals surface area contributed by atoms with Crippen molar-refractivity contribution in [3.05, 3.63) is 177 Å². The number of hydrogen-bond donors (Lipinski definition) is 2. The van der Waals surface area contributed by atoms with Gasteiger partial charge in [-0.15, -0.1) is 0 Å². The third-order valence-electron chi connectivity index (χ3n) is 6.53. The molecule has 0 radical (unpaired) electrons. The van der Waals surface area contributed by atoms with Gasteiger partial charge >= 0.3 is 11.4 Å². The zero-order chi connectivity index (χ0) is 28.2. The number of para-hydroxylation sites is 1. The summed E-state index contributed by atoms with van der Waals surface area (Å²) in [6.45, 7) is 0.216. The van der Waals surface area contributed by atoms with E-state index in [4.69, 9.17) is 0 Å². The minimum Gasteiger partial charge on any atom is -0.296 e. The third-order valence-corrected chi connectivity index (χ3v) is 6.53. The second kappa shape index (κ2) is 11.0. The molecule has 0 aliphatic carbocycles. The molecule has 0 unspecified atom stereocenters. The molecule has 0 spiro atoms. The molecule has 0 aliphatic heterocycles. The molecule has 3 aromatic carbocycles. The number of nitro benzene ring substituents is 1. The van der Waals surface area contributed by atoms with Crippen LogP contribution < -0.4 is 22.5 Å². The summed E-state index contributed by atoms with van der Waals surface area (Å²) in [5.41, 5.74) is -1.83. The molecule has 5 aromatic rings. The summed E-state index contributed by atoms with van der Waals surface area (Å²) >= 11 is 0. The number of nitrogens with zero attached hydrogens (tertiary/aromatic N) is 3. The second-order valence-corrected chi connectivity index (χ2v) is 9.16. The first kappa shape index (κ1) is 26.0. The molecule has 0 fully saturated rings. The van der Waals surface area contributed by atoms with Gasteiger partial charge in [-0.1, -0.05) is 78.9 Å². The minimum atomic E-state index is -1.28. The van der Waals surface area contributed by atoms with Crippen LogP contribution >= 0.6 is 0 Å². The summed E-state index contributed by atoms with van der Waals surface area (Å²) in [7, 11) is 0. The Kier molecular flexibility index (Phi) is 7.18. The number of aromatic nitrogens is 4. The second-order valence-electron chi connectivity index (χ2n) is 9.16. The smallest absolute Gasteiger partial charge is 0.296 e. The zero-order valence-electron chi connectivity index (χ0n) is 21.0. The highest BCUT2D eigenvalue weighted by atomic mass is 16.6. The SMILES string of the molecule is O=c1[nH]c(=O)n(Cc2ccccc2)cc1C(c1ccccc1[N+](=O)[O-])c1cn(Cc2ccccc2)c(=O)[nH]c1=O. The average Bonchev–Trinajstić information content (AvgIpc) is 2.95. The summed E-state index contributed by atoms with van der Waals surface area (Å²) < 4.78 is 2.53. The van der Waals surface area contributed by atoms with Crippen LogP contribution in [0.15, 0.2) is 117 Å². The lowest BCUT2D eigenvalue weighted by Gasteiger charge is -2.19. The van der Waals surface area contributed by atoms with Crippen LogP contribution in [0.25, 0.3) is 0 Å². The fourth-order valence-electron chi connectivity index (χ4n) is 4.66. The van der Waals surface area contributed by atoms with Gasteiger partial charge in [0.05, 0.1) is 23.9 Å². The Hall–Kier alpha value is -5.58. The molecule has 40 heavy (non-hydrogen) atoms. The van der Waals surface area contributed by atoms with Crippen LogP contribution in [0.1, 0.15) is 33.7 Å². The Labute approximate surface area is 225 Å². The molecule has 11 nitrogen and oxygen atoms in total. The quantitative estimate of drug-likeness (QED) is 0.229. The maximum Gasteiger partial charge on any atom is 0.328 e. The van der Waals surface area contributed by atoms with Crippen molar-refractivity contribution in [2.24, 2.45) is 0 Å². The molecule has 2 heterocycles.